The van der Waals surface area contributed by atoms with Crippen LogP contribution in [0.5, 0.6) is 0 Å². The molecular formula is C20H18ClFN4O3. The van der Waals surface area contributed by atoms with Gasteiger partial charge in [0.1, 0.15) is 11.9 Å². The Morgan fingerprint density at radius 2 is 1.97 bits per heavy atom. The van der Waals surface area contributed by atoms with Gasteiger partial charge in [0.15, 0.2) is 0 Å². The average Bonchev–Trinajstić information content (AvgIpc) is 3.15. The largest absolute Gasteiger partial charge is 0.368 e. The SMILES string of the molecule is CN(C(=O)CCc1nc(-c2ccc(Cl)cc2)no1)C(C(N)=O)c1cccc(F)c1. The zero-order chi connectivity index (χ0) is 21.0. The number of nitrogens with zero attached hydrogens (tertiary/aromatic N) is 3. The van der Waals surface area contributed by atoms with Gasteiger partial charge in [-0.3, -0.25) is 9.59 Å². The number of primary amides is 1. The van der Waals surface area contributed by atoms with Crippen LogP contribution in [0.15, 0.2) is 53.1 Å². The zero-order valence-electron chi connectivity index (χ0n) is 15.5. The molecule has 0 aliphatic carbocycles. The molecule has 0 aliphatic rings. The number of benzene rings is 2. The van der Waals surface area contributed by atoms with E-state index in [-0.39, 0.29) is 24.6 Å². The van der Waals surface area contributed by atoms with Crippen molar-refractivity contribution in [3.05, 3.63) is 70.8 Å². The predicted molar refractivity (Wildman–Crippen MR) is 104 cm³/mol. The van der Waals surface area contributed by atoms with Crippen molar-refractivity contribution in [2.45, 2.75) is 18.9 Å². The normalized spacial score (nSPS) is 11.8. The molecule has 0 saturated carbocycles. The topological polar surface area (TPSA) is 102 Å². The second kappa shape index (κ2) is 8.83. The summed E-state index contributed by atoms with van der Waals surface area (Å²) < 4.78 is 18.7. The van der Waals surface area contributed by atoms with Gasteiger partial charge in [0, 0.05) is 30.5 Å². The van der Waals surface area contributed by atoms with Crippen LogP contribution < -0.4 is 5.73 Å². The van der Waals surface area contributed by atoms with Crippen molar-refractivity contribution in [2.24, 2.45) is 5.73 Å². The van der Waals surface area contributed by atoms with Gasteiger partial charge in [-0.2, -0.15) is 4.98 Å². The molecule has 1 unspecified atom stereocenters. The molecule has 29 heavy (non-hydrogen) atoms. The van der Waals surface area contributed by atoms with Gasteiger partial charge in [-0.15, -0.1) is 0 Å². The third-order valence-electron chi connectivity index (χ3n) is 4.34. The Balaban J connectivity index is 1.66. The van der Waals surface area contributed by atoms with Crippen LogP contribution in [0.25, 0.3) is 11.4 Å². The highest BCUT2D eigenvalue weighted by Crippen LogP contribution is 2.22. The molecule has 0 fully saturated rings. The monoisotopic (exact) mass is 416 g/mol. The summed E-state index contributed by atoms with van der Waals surface area (Å²) >= 11 is 5.86. The van der Waals surface area contributed by atoms with E-state index in [1.54, 1.807) is 30.3 Å². The van der Waals surface area contributed by atoms with Crippen molar-refractivity contribution in [1.29, 1.82) is 0 Å². The van der Waals surface area contributed by atoms with E-state index >= 15 is 0 Å². The summed E-state index contributed by atoms with van der Waals surface area (Å²) in [4.78, 5) is 29.9. The predicted octanol–water partition coefficient (Wildman–Crippen LogP) is 3.15. The van der Waals surface area contributed by atoms with Crippen molar-refractivity contribution < 1.29 is 18.5 Å². The number of nitrogens with two attached hydrogens (primary N) is 1. The molecular weight excluding hydrogens is 399 g/mol. The van der Waals surface area contributed by atoms with Crippen LogP contribution in [-0.4, -0.2) is 33.9 Å². The molecule has 0 saturated heterocycles. The maximum absolute atomic E-state index is 13.5. The average molecular weight is 417 g/mol. The fourth-order valence-electron chi connectivity index (χ4n) is 2.86. The number of amides is 2. The Bertz CT molecular complexity index is 1020. The minimum absolute atomic E-state index is 0.0118. The van der Waals surface area contributed by atoms with Gasteiger partial charge in [0.2, 0.25) is 23.5 Å². The first-order valence-electron chi connectivity index (χ1n) is 8.74. The van der Waals surface area contributed by atoms with Crippen molar-refractivity contribution >= 4 is 23.4 Å². The summed E-state index contributed by atoms with van der Waals surface area (Å²) in [5.74, 6) is -0.987. The number of aromatic nitrogens is 2. The van der Waals surface area contributed by atoms with E-state index < -0.39 is 17.8 Å². The Kier molecular flexibility index (Phi) is 6.23. The highest BCUT2D eigenvalue weighted by molar-refractivity contribution is 6.30. The van der Waals surface area contributed by atoms with E-state index in [9.17, 15) is 14.0 Å². The highest BCUT2D eigenvalue weighted by atomic mass is 35.5. The van der Waals surface area contributed by atoms with Gasteiger partial charge in [-0.1, -0.05) is 28.9 Å². The third kappa shape index (κ3) is 4.97. The van der Waals surface area contributed by atoms with Crippen molar-refractivity contribution in [2.75, 3.05) is 7.05 Å². The number of carbonyl (C=O) groups is 2. The smallest absolute Gasteiger partial charge is 0.244 e. The second-order valence-corrected chi connectivity index (χ2v) is 6.82. The summed E-state index contributed by atoms with van der Waals surface area (Å²) in [5.41, 5.74) is 6.47. The third-order valence-corrected chi connectivity index (χ3v) is 4.59. The molecule has 2 amide bonds. The van der Waals surface area contributed by atoms with Gasteiger partial charge in [0.25, 0.3) is 0 Å². The Hall–Kier alpha value is -3.26. The van der Waals surface area contributed by atoms with Crippen LogP contribution in [-0.2, 0) is 16.0 Å². The number of hydrogen-bond donors (Lipinski definition) is 1. The van der Waals surface area contributed by atoms with Crippen LogP contribution in [0.2, 0.25) is 5.02 Å². The van der Waals surface area contributed by atoms with Gasteiger partial charge in [-0.25, -0.2) is 4.39 Å². The molecule has 3 rings (SSSR count). The quantitative estimate of drug-likeness (QED) is 0.637. The molecule has 0 bridgehead atoms. The zero-order valence-corrected chi connectivity index (χ0v) is 16.3. The fourth-order valence-corrected chi connectivity index (χ4v) is 2.99. The number of halogens is 2. The van der Waals surface area contributed by atoms with Crippen LogP contribution in [0.3, 0.4) is 0 Å². The molecule has 9 heteroatoms. The second-order valence-electron chi connectivity index (χ2n) is 6.38. The summed E-state index contributed by atoms with van der Waals surface area (Å²) in [6, 6.07) is 11.3. The lowest BCUT2D eigenvalue weighted by atomic mass is 10.0. The molecule has 1 heterocycles. The lowest BCUT2D eigenvalue weighted by molar-refractivity contribution is -0.138. The number of rotatable bonds is 7. The molecule has 7 nitrogen and oxygen atoms in total. The van der Waals surface area contributed by atoms with E-state index in [4.69, 9.17) is 21.9 Å². The van der Waals surface area contributed by atoms with Crippen LogP contribution in [0.1, 0.15) is 23.9 Å². The first-order chi connectivity index (χ1) is 13.8. The fraction of sp³-hybridized carbons (Fsp3) is 0.200. The lowest BCUT2D eigenvalue weighted by Gasteiger charge is -2.26. The van der Waals surface area contributed by atoms with E-state index in [0.29, 0.717) is 16.4 Å². The summed E-state index contributed by atoms with van der Waals surface area (Å²) in [5, 5.41) is 4.48. The van der Waals surface area contributed by atoms with E-state index in [1.165, 1.54) is 30.1 Å². The maximum atomic E-state index is 13.5. The number of aryl methyl sites for hydroxylation is 1. The molecule has 1 aromatic heterocycles. The highest BCUT2D eigenvalue weighted by Gasteiger charge is 2.27. The van der Waals surface area contributed by atoms with Crippen LogP contribution >= 0.6 is 11.6 Å². The summed E-state index contributed by atoms with van der Waals surface area (Å²) in [6.07, 6.45) is 0.191. The molecule has 1 atom stereocenters. The van der Waals surface area contributed by atoms with Crippen LogP contribution in [0, 0.1) is 5.82 Å². The van der Waals surface area contributed by atoms with Crippen LogP contribution in [0.4, 0.5) is 4.39 Å². The van der Waals surface area contributed by atoms with Crippen molar-refractivity contribution in [1.82, 2.24) is 15.0 Å². The number of likely N-dealkylation sites (N-methyl/N-ethyl adjacent to an activating group) is 1. The minimum atomic E-state index is -1.08. The van der Waals surface area contributed by atoms with Gasteiger partial charge in [0.05, 0.1) is 0 Å². The van der Waals surface area contributed by atoms with Crippen molar-refractivity contribution in [3.63, 3.8) is 0 Å². The molecule has 2 aromatic carbocycles. The molecule has 150 valence electrons. The number of hydrogen-bond acceptors (Lipinski definition) is 5. The van der Waals surface area contributed by atoms with Gasteiger partial charge < -0.3 is 15.2 Å². The first-order valence-corrected chi connectivity index (χ1v) is 9.12. The first kappa shape index (κ1) is 20.5. The molecule has 3 aromatic rings. The summed E-state index contributed by atoms with van der Waals surface area (Å²) in [7, 11) is 1.44. The van der Waals surface area contributed by atoms with E-state index in [0.717, 1.165) is 5.56 Å². The molecule has 2 N–H and O–H groups in total. The Morgan fingerprint density at radius 1 is 1.24 bits per heavy atom. The number of carbonyl (C=O) groups excluding carboxylic acids is 2. The van der Waals surface area contributed by atoms with Crippen molar-refractivity contribution in [3.8, 4) is 11.4 Å². The van der Waals surface area contributed by atoms with Gasteiger partial charge in [-0.05, 0) is 42.0 Å². The van der Waals surface area contributed by atoms with E-state index in [1.807, 2.05) is 0 Å². The maximum Gasteiger partial charge on any atom is 0.244 e. The molecule has 0 spiro atoms. The molecule has 0 radical (unpaired) electrons. The minimum Gasteiger partial charge on any atom is -0.368 e. The molecule has 0 aliphatic heterocycles. The van der Waals surface area contributed by atoms with Gasteiger partial charge >= 0.3 is 0 Å². The lowest BCUT2D eigenvalue weighted by Crippen LogP contribution is -2.39. The Morgan fingerprint density at radius 3 is 2.62 bits per heavy atom. The van der Waals surface area contributed by atoms with E-state index in [2.05, 4.69) is 10.1 Å². The standard InChI is InChI=1S/C20H18ClFN4O3/c1-26(18(19(23)28)13-3-2-4-15(22)11-13)17(27)10-9-16-24-20(25-29-16)12-5-7-14(21)8-6-12/h2-8,11,18H,9-10H2,1H3,(H2,23,28). The Labute approximate surface area is 171 Å². The summed E-state index contributed by atoms with van der Waals surface area (Å²) in [6.45, 7) is 0.